The Morgan fingerprint density at radius 2 is 1.90 bits per heavy atom. The van der Waals surface area contributed by atoms with Crippen molar-refractivity contribution in [3.63, 3.8) is 0 Å². The van der Waals surface area contributed by atoms with Crippen molar-refractivity contribution in [2.75, 3.05) is 0 Å². The van der Waals surface area contributed by atoms with Crippen molar-refractivity contribution >= 4 is 15.9 Å². The molecule has 1 rings (SSSR count). The highest BCUT2D eigenvalue weighted by molar-refractivity contribution is 9.10. The van der Waals surface area contributed by atoms with Crippen LogP contribution in [0.5, 0.6) is 0 Å². The number of benzene rings is 1. The molecule has 0 saturated carbocycles. The van der Waals surface area contributed by atoms with E-state index >= 15 is 0 Å². The minimum Gasteiger partial charge on any atom is -0.150 e. The Hall–Kier alpha value is -0.700. The molecule has 0 bridgehead atoms. The van der Waals surface area contributed by atoms with Crippen LogP contribution in [-0.2, 0) is 6.54 Å². The Bertz CT molecular complexity index is 220. The molecule has 0 saturated heterocycles. The highest BCUT2D eigenvalue weighted by atomic mass is 79.9. The van der Waals surface area contributed by atoms with Crippen LogP contribution in [0.15, 0.2) is 33.9 Å². The molecule has 0 amide bonds. The van der Waals surface area contributed by atoms with Crippen LogP contribution >= 0.6 is 15.9 Å². The van der Waals surface area contributed by atoms with Gasteiger partial charge in [-0.05, 0) is 17.7 Å². The third-order valence-corrected chi connectivity index (χ3v) is 1.69. The average Bonchev–Trinajstić information content (AvgIpc) is 1.95. The molecule has 0 aliphatic carbocycles. The van der Waals surface area contributed by atoms with Crippen molar-refractivity contribution in [3.8, 4) is 0 Å². The smallest absolute Gasteiger partial charge is 0.106 e. The number of halogens is 1. The Labute approximate surface area is 67.4 Å². The van der Waals surface area contributed by atoms with Crippen molar-refractivity contribution in [2.24, 2.45) is 5.18 Å². The maximum atomic E-state index is 9.80. The molecule has 0 atom stereocenters. The van der Waals surface area contributed by atoms with Crippen molar-refractivity contribution in [3.05, 3.63) is 39.2 Å². The number of rotatable bonds is 2. The second-order valence-corrected chi connectivity index (χ2v) is 2.83. The van der Waals surface area contributed by atoms with Crippen LogP contribution in [0.1, 0.15) is 5.56 Å². The number of nitrogens with zero attached hydrogens (tertiary/aromatic N) is 1. The van der Waals surface area contributed by atoms with E-state index in [-0.39, 0.29) is 6.54 Å². The Morgan fingerprint density at radius 1 is 1.30 bits per heavy atom. The first kappa shape index (κ1) is 7.41. The fourth-order valence-corrected chi connectivity index (χ4v) is 0.929. The van der Waals surface area contributed by atoms with Gasteiger partial charge in [0.1, 0.15) is 6.54 Å². The molecular formula is C7H6BrNO. The number of nitroso groups, excluding NO2 is 1. The van der Waals surface area contributed by atoms with E-state index in [4.69, 9.17) is 0 Å². The van der Waals surface area contributed by atoms with E-state index in [9.17, 15) is 4.91 Å². The third-order valence-electron chi connectivity index (χ3n) is 1.16. The van der Waals surface area contributed by atoms with E-state index in [1.807, 2.05) is 24.3 Å². The summed E-state index contributed by atoms with van der Waals surface area (Å²) >= 11 is 3.29. The summed E-state index contributed by atoms with van der Waals surface area (Å²) < 4.78 is 1.02. The van der Waals surface area contributed by atoms with E-state index in [1.165, 1.54) is 0 Å². The SMILES string of the molecule is O=NCc1ccc(Br)cc1. The van der Waals surface area contributed by atoms with E-state index in [2.05, 4.69) is 21.1 Å². The molecule has 0 fully saturated rings. The quantitative estimate of drug-likeness (QED) is 0.674. The predicted molar refractivity (Wildman–Crippen MR) is 43.6 cm³/mol. The molecule has 3 heteroatoms. The van der Waals surface area contributed by atoms with Crippen molar-refractivity contribution < 1.29 is 0 Å². The number of hydrogen-bond donors (Lipinski definition) is 0. The number of hydrogen-bond acceptors (Lipinski definition) is 2. The molecule has 0 spiro atoms. The highest BCUT2D eigenvalue weighted by Gasteiger charge is 1.89. The largest absolute Gasteiger partial charge is 0.150 e. The van der Waals surface area contributed by atoms with Gasteiger partial charge < -0.3 is 0 Å². The van der Waals surface area contributed by atoms with Gasteiger partial charge in [-0.1, -0.05) is 33.2 Å². The van der Waals surface area contributed by atoms with Crippen LogP contribution in [0.2, 0.25) is 0 Å². The summed E-state index contributed by atoms with van der Waals surface area (Å²) in [6, 6.07) is 7.51. The molecule has 0 heterocycles. The topological polar surface area (TPSA) is 29.4 Å². The maximum absolute atomic E-state index is 9.80. The van der Waals surface area contributed by atoms with Gasteiger partial charge in [-0.25, -0.2) is 0 Å². The van der Waals surface area contributed by atoms with Crippen LogP contribution in [0, 0.1) is 4.91 Å². The van der Waals surface area contributed by atoms with Gasteiger partial charge in [0.2, 0.25) is 0 Å². The molecule has 10 heavy (non-hydrogen) atoms. The molecule has 52 valence electrons. The molecular weight excluding hydrogens is 194 g/mol. The van der Waals surface area contributed by atoms with Gasteiger partial charge >= 0.3 is 0 Å². The fraction of sp³-hybridized carbons (Fsp3) is 0.143. The summed E-state index contributed by atoms with van der Waals surface area (Å²) in [4.78, 5) is 9.80. The zero-order chi connectivity index (χ0) is 7.40. The molecule has 0 unspecified atom stereocenters. The lowest BCUT2D eigenvalue weighted by Gasteiger charge is -1.92. The van der Waals surface area contributed by atoms with Gasteiger partial charge in [-0.3, -0.25) is 0 Å². The Morgan fingerprint density at radius 3 is 2.40 bits per heavy atom. The average molecular weight is 200 g/mol. The van der Waals surface area contributed by atoms with E-state index < -0.39 is 0 Å². The van der Waals surface area contributed by atoms with Gasteiger partial charge in [-0.15, -0.1) is 0 Å². The molecule has 0 aromatic heterocycles. The lowest BCUT2D eigenvalue weighted by molar-refractivity contribution is 1.05. The maximum Gasteiger partial charge on any atom is 0.106 e. The summed E-state index contributed by atoms with van der Waals surface area (Å²) in [5.41, 5.74) is 0.943. The van der Waals surface area contributed by atoms with Crippen molar-refractivity contribution in [1.82, 2.24) is 0 Å². The standard InChI is InChI=1S/C7H6BrNO/c8-7-3-1-6(2-4-7)5-9-10/h1-4H,5H2. The first-order chi connectivity index (χ1) is 4.83. The predicted octanol–water partition coefficient (Wildman–Crippen LogP) is 2.72. The molecule has 1 aromatic carbocycles. The summed E-state index contributed by atoms with van der Waals surface area (Å²) in [5.74, 6) is 0. The second kappa shape index (κ2) is 3.46. The zero-order valence-corrected chi connectivity index (χ0v) is 6.84. The molecule has 1 aromatic rings. The van der Waals surface area contributed by atoms with Crippen LogP contribution < -0.4 is 0 Å². The van der Waals surface area contributed by atoms with Crippen LogP contribution in [-0.4, -0.2) is 0 Å². The summed E-state index contributed by atoms with van der Waals surface area (Å²) in [6.07, 6.45) is 0. The Balaban J connectivity index is 2.78. The lowest BCUT2D eigenvalue weighted by Crippen LogP contribution is -1.77. The van der Waals surface area contributed by atoms with Crippen molar-refractivity contribution in [1.29, 1.82) is 0 Å². The summed E-state index contributed by atoms with van der Waals surface area (Å²) in [6.45, 7) is 0.257. The van der Waals surface area contributed by atoms with Gasteiger partial charge in [-0.2, -0.15) is 4.91 Å². The van der Waals surface area contributed by atoms with E-state index in [1.54, 1.807) is 0 Å². The van der Waals surface area contributed by atoms with Crippen molar-refractivity contribution in [2.45, 2.75) is 6.54 Å². The van der Waals surface area contributed by atoms with Crippen LogP contribution in [0.3, 0.4) is 0 Å². The molecule has 0 aliphatic rings. The minimum absolute atomic E-state index is 0.257. The molecule has 0 N–H and O–H groups in total. The first-order valence-electron chi connectivity index (χ1n) is 2.86. The minimum atomic E-state index is 0.257. The summed E-state index contributed by atoms with van der Waals surface area (Å²) in [7, 11) is 0. The molecule has 0 aliphatic heterocycles. The zero-order valence-electron chi connectivity index (χ0n) is 5.25. The summed E-state index contributed by atoms with van der Waals surface area (Å²) in [5, 5.41) is 2.77. The van der Waals surface area contributed by atoms with Gasteiger partial charge in [0.25, 0.3) is 0 Å². The van der Waals surface area contributed by atoms with Gasteiger partial charge in [0, 0.05) is 4.47 Å². The fourth-order valence-electron chi connectivity index (χ4n) is 0.664. The highest BCUT2D eigenvalue weighted by Crippen LogP contribution is 2.10. The van der Waals surface area contributed by atoms with Crippen LogP contribution in [0.4, 0.5) is 0 Å². The first-order valence-corrected chi connectivity index (χ1v) is 3.66. The monoisotopic (exact) mass is 199 g/mol. The van der Waals surface area contributed by atoms with E-state index in [0.29, 0.717) is 0 Å². The Kier molecular flexibility index (Phi) is 2.57. The third kappa shape index (κ3) is 1.92. The normalized spacial score (nSPS) is 9.30. The lowest BCUT2D eigenvalue weighted by atomic mass is 10.2. The molecule has 2 nitrogen and oxygen atoms in total. The molecule has 0 radical (unpaired) electrons. The van der Waals surface area contributed by atoms with Gasteiger partial charge in [0.05, 0.1) is 0 Å². The van der Waals surface area contributed by atoms with Crippen LogP contribution in [0.25, 0.3) is 0 Å². The van der Waals surface area contributed by atoms with Gasteiger partial charge in [0.15, 0.2) is 0 Å². The second-order valence-electron chi connectivity index (χ2n) is 1.91. The van der Waals surface area contributed by atoms with E-state index in [0.717, 1.165) is 10.0 Å².